The minimum absolute atomic E-state index is 1.13. The van der Waals surface area contributed by atoms with Crippen molar-refractivity contribution < 1.29 is 0 Å². The average molecular weight is 361 g/mol. The molecule has 4 aromatic rings. The van der Waals surface area contributed by atoms with E-state index in [1.807, 2.05) is 12.2 Å². The Morgan fingerprint density at radius 2 is 0.893 bits per heavy atom. The van der Waals surface area contributed by atoms with Crippen LogP contribution >= 0.6 is 0 Å². The topological polar surface area (TPSA) is 0 Å². The summed E-state index contributed by atoms with van der Waals surface area (Å²) >= 11 is 0. The van der Waals surface area contributed by atoms with Gasteiger partial charge in [0.15, 0.2) is 0 Å². The lowest BCUT2D eigenvalue weighted by Crippen LogP contribution is -1.96. The van der Waals surface area contributed by atoms with E-state index in [2.05, 4.69) is 99.8 Å². The molecule has 0 atom stereocenters. The van der Waals surface area contributed by atoms with E-state index < -0.39 is 0 Å². The Balaban J connectivity index is 2.17. The van der Waals surface area contributed by atoms with Crippen LogP contribution in [0.25, 0.3) is 45.2 Å². The average Bonchev–Trinajstić information content (AvgIpc) is 2.73. The standard InChI is InChI=1S/C28H24/c1-5-23-24(6-2)28(22-17-13-20(4)14-18-22)26-10-8-7-9-25(26)27(23)21-15-11-19(3)12-16-21/h5-18H,1-2H2,3-4H3. The minimum atomic E-state index is 1.13. The first kappa shape index (κ1) is 18.0. The normalized spacial score (nSPS) is 10.8. The van der Waals surface area contributed by atoms with E-state index in [1.165, 1.54) is 44.2 Å². The van der Waals surface area contributed by atoms with E-state index in [1.54, 1.807) is 0 Å². The van der Waals surface area contributed by atoms with Crippen molar-refractivity contribution in [3.8, 4) is 22.3 Å². The zero-order valence-corrected chi connectivity index (χ0v) is 16.5. The second-order valence-electron chi connectivity index (χ2n) is 7.26. The third kappa shape index (κ3) is 2.97. The van der Waals surface area contributed by atoms with Gasteiger partial charge in [-0.1, -0.05) is 109 Å². The molecular formula is C28H24. The SMILES string of the molecule is C=Cc1c(C=C)c(-c2ccc(C)cc2)c2ccccc2c1-c1ccc(C)cc1. The van der Waals surface area contributed by atoms with Crippen molar-refractivity contribution in [1.29, 1.82) is 0 Å². The Morgan fingerprint density at radius 3 is 1.21 bits per heavy atom. The van der Waals surface area contributed by atoms with Gasteiger partial charge in [0.25, 0.3) is 0 Å². The molecule has 0 bridgehead atoms. The van der Waals surface area contributed by atoms with Gasteiger partial charge in [-0.15, -0.1) is 0 Å². The number of hydrogen-bond acceptors (Lipinski definition) is 0. The van der Waals surface area contributed by atoms with Crippen molar-refractivity contribution >= 4 is 22.9 Å². The largest absolute Gasteiger partial charge is 0.0984 e. The predicted octanol–water partition coefficient (Wildman–Crippen LogP) is 8.08. The van der Waals surface area contributed by atoms with Crippen LogP contribution in [0.5, 0.6) is 0 Å². The van der Waals surface area contributed by atoms with Crippen LogP contribution in [-0.2, 0) is 0 Å². The molecule has 136 valence electrons. The summed E-state index contributed by atoms with van der Waals surface area (Å²) in [6.07, 6.45) is 3.94. The highest BCUT2D eigenvalue weighted by atomic mass is 14.2. The summed E-state index contributed by atoms with van der Waals surface area (Å²) in [6, 6.07) is 26.1. The number of rotatable bonds is 4. The molecule has 0 amide bonds. The van der Waals surface area contributed by atoms with E-state index in [4.69, 9.17) is 0 Å². The lowest BCUT2D eigenvalue weighted by molar-refractivity contribution is 1.46. The first-order chi connectivity index (χ1) is 13.6. The number of aryl methyl sites for hydroxylation is 2. The van der Waals surface area contributed by atoms with E-state index in [0.717, 1.165) is 11.1 Å². The summed E-state index contributed by atoms with van der Waals surface area (Å²) in [7, 11) is 0. The van der Waals surface area contributed by atoms with Gasteiger partial charge in [-0.2, -0.15) is 0 Å². The molecule has 4 rings (SSSR count). The van der Waals surface area contributed by atoms with E-state index >= 15 is 0 Å². The zero-order chi connectivity index (χ0) is 19.7. The van der Waals surface area contributed by atoms with Gasteiger partial charge in [0.05, 0.1) is 0 Å². The summed E-state index contributed by atoms with van der Waals surface area (Å²) in [5.41, 5.74) is 9.63. The molecule has 0 heterocycles. The molecule has 0 aliphatic carbocycles. The van der Waals surface area contributed by atoms with Gasteiger partial charge in [0.1, 0.15) is 0 Å². The molecule has 0 radical (unpaired) electrons. The highest BCUT2D eigenvalue weighted by Gasteiger charge is 2.18. The van der Waals surface area contributed by atoms with Crippen molar-refractivity contribution in [2.24, 2.45) is 0 Å². The maximum Gasteiger partial charge on any atom is -0.00266 e. The number of fused-ring (bicyclic) bond motifs is 1. The Bertz CT molecular complexity index is 1080. The first-order valence-corrected chi connectivity index (χ1v) is 9.61. The fourth-order valence-corrected chi connectivity index (χ4v) is 3.97. The maximum absolute atomic E-state index is 4.15. The van der Waals surface area contributed by atoms with Gasteiger partial charge in [-0.3, -0.25) is 0 Å². The summed E-state index contributed by atoms with van der Waals surface area (Å²) in [5.74, 6) is 0. The summed E-state index contributed by atoms with van der Waals surface area (Å²) in [5, 5.41) is 2.48. The highest BCUT2D eigenvalue weighted by Crippen LogP contribution is 2.43. The lowest BCUT2D eigenvalue weighted by Gasteiger charge is -2.20. The predicted molar refractivity (Wildman–Crippen MR) is 124 cm³/mol. The molecule has 4 aromatic carbocycles. The first-order valence-electron chi connectivity index (χ1n) is 9.61. The van der Waals surface area contributed by atoms with Crippen LogP contribution in [0.4, 0.5) is 0 Å². The molecule has 0 unspecified atom stereocenters. The van der Waals surface area contributed by atoms with Crippen LogP contribution in [0.15, 0.2) is 86.0 Å². The third-order valence-corrected chi connectivity index (χ3v) is 5.38. The van der Waals surface area contributed by atoms with Crippen molar-refractivity contribution in [2.45, 2.75) is 13.8 Å². The van der Waals surface area contributed by atoms with Crippen molar-refractivity contribution in [1.82, 2.24) is 0 Å². The van der Waals surface area contributed by atoms with Gasteiger partial charge in [0, 0.05) is 0 Å². The molecule has 0 fully saturated rings. The molecule has 0 heteroatoms. The Morgan fingerprint density at radius 1 is 0.536 bits per heavy atom. The fourth-order valence-electron chi connectivity index (χ4n) is 3.97. The molecule has 0 aliphatic heterocycles. The van der Waals surface area contributed by atoms with Gasteiger partial charge in [-0.05, 0) is 58.0 Å². The summed E-state index contributed by atoms with van der Waals surface area (Å²) in [4.78, 5) is 0. The van der Waals surface area contributed by atoms with Crippen LogP contribution in [0.2, 0.25) is 0 Å². The van der Waals surface area contributed by atoms with Crippen molar-refractivity contribution in [3.05, 3.63) is 108 Å². The Labute approximate surface area is 167 Å². The highest BCUT2D eigenvalue weighted by molar-refractivity contribution is 6.11. The molecule has 0 aromatic heterocycles. The molecular weight excluding hydrogens is 336 g/mol. The molecule has 0 saturated heterocycles. The van der Waals surface area contributed by atoms with Gasteiger partial charge >= 0.3 is 0 Å². The lowest BCUT2D eigenvalue weighted by atomic mass is 9.83. The van der Waals surface area contributed by atoms with E-state index in [0.29, 0.717) is 0 Å². The minimum Gasteiger partial charge on any atom is -0.0984 e. The smallest absolute Gasteiger partial charge is 0.00266 e. The van der Waals surface area contributed by atoms with Crippen LogP contribution < -0.4 is 0 Å². The van der Waals surface area contributed by atoms with E-state index in [9.17, 15) is 0 Å². The maximum atomic E-state index is 4.15. The second-order valence-corrected chi connectivity index (χ2v) is 7.26. The van der Waals surface area contributed by atoms with Crippen LogP contribution in [0, 0.1) is 13.8 Å². The molecule has 28 heavy (non-hydrogen) atoms. The van der Waals surface area contributed by atoms with Gasteiger partial charge < -0.3 is 0 Å². The molecule has 0 nitrogen and oxygen atoms in total. The summed E-state index contributed by atoms with van der Waals surface area (Å²) < 4.78 is 0. The van der Waals surface area contributed by atoms with Crippen molar-refractivity contribution in [2.75, 3.05) is 0 Å². The molecule has 0 saturated carbocycles. The molecule has 0 spiro atoms. The number of hydrogen-bond donors (Lipinski definition) is 0. The molecule has 0 N–H and O–H groups in total. The quantitative estimate of drug-likeness (QED) is 0.345. The Kier molecular flexibility index (Phi) is 4.71. The van der Waals surface area contributed by atoms with Crippen LogP contribution in [-0.4, -0.2) is 0 Å². The van der Waals surface area contributed by atoms with Gasteiger partial charge in [0.2, 0.25) is 0 Å². The number of benzene rings is 4. The monoisotopic (exact) mass is 360 g/mol. The third-order valence-electron chi connectivity index (χ3n) is 5.38. The Hall–Kier alpha value is -3.38. The van der Waals surface area contributed by atoms with Crippen LogP contribution in [0.3, 0.4) is 0 Å². The van der Waals surface area contributed by atoms with Crippen molar-refractivity contribution in [3.63, 3.8) is 0 Å². The second kappa shape index (κ2) is 7.32. The molecule has 0 aliphatic rings. The van der Waals surface area contributed by atoms with Gasteiger partial charge in [-0.25, -0.2) is 0 Å². The van der Waals surface area contributed by atoms with Crippen LogP contribution in [0.1, 0.15) is 22.3 Å². The summed E-state index contributed by atoms with van der Waals surface area (Å²) in [6.45, 7) is 12.5. The fraction of sp³-hybridized carbons (Fsp3) is 0.0714. The van der Waals surface area contributed by atoms with E-state index in [-0.39, 0.29) is 0 Å². The zero-order valence-electron chi connectivity index (χ0n) is 16.5.